The highest BCUT2D eigenvalue weighted by Crippen LogP contribution is 2.11. The molecule has 1 atom stereocenters. The van der Waals surface area contributed by atoms with E-state index in [0.29, 0.717) is 0 Å². The second-order valence-corrected chi connectivity index (χ2v) is 5.21. The van der Waals surface area contributed by atoms with Gasteiger partial charge in [-0.3, -0.25) is 0 Å². The fraction of sp³-hybridized carbons (Fsp3) is 0.647. The van der Waals surface area contributed by atoms with Crippen LogP contribution in [0.25, 0.3) is 0 Å². The van der Waals surface area contributed by atoms with E-state index in [2.05, 4.69) is 49.5 Å². The van der Waals surface area contributed by atoms with Gasteiger partial charge in [-0.05, 0) is 43.8 Å². The zero-order valence-corrected chi connectivity index (χ0v) is 12.1. The Morgan fingerprint density at radius 1 is 1.06 bits per heavy atom. The molecular formula is C17H29N. The van der Waals surface area contributed by atoms with Crippen LogP contribution in [0.4, 0.5) is 0 Å². The number of unbranched alkanes of at least 4 members (excludes halogenated alkanes) is 1. The average Bonchev–Trinajstić information content (AvgIpc) is 2.43. The molecule has 1 aromatic carbocycles. The molecular weight excluding hydrogens is 218 g/mol. The summed E-state index contributed by atoms with van der Waals surface area (Å²) in [5, 5.41) is 3.62. The van der Waals surface area contributed by atoms with Gasteiger partial charge in [-0.1, -0.05) is 63.4 Å². The molecule has 0 heterocycles. The zero-order chi connectivity index (χ0) is 13.1. The minimum atomic E-state index is 0.877. The van der Waals surface area contributed by atoms with Crippen molar-refractivity contribution in [1.82, 2.24) is 5.32 Å². The standard InChI is InChI=1S/C17H29N/c1-3-5-10-16(4-2)15-18-14-9-13-17-11-7-6-8-12-17/h6-8,11-12,16,18H,3-5,9-10,13-15H2,1-2H3. The summed E-state index contributed by atoms with van der Waals surface area (Å²) >= 11 is 0. The summed E-state index contributed by atoms with van der Waals surface area (Å²) in [6.45, 7) is 6.94. The smallest absolute Gasteiger partial charge is 0.00206 e. The number of hydrogen-bond donors (Lipinski definition) is 1. The first-order valence-corrected chi connectivity index (χ1v) is 7.61. The third-order valence-electron chi connectivity index (χ3n) is 3.64. The van der Waals surface area contributed by atoms with E-state index in [4.69, 9.17) is 0 Å². The molecule has 0 fully saturated rings. The van der Waals surface area contributed by atoms with Crippen molar-refractivity contribution < 1.29 is 0 Å². The van der Waals surface area contributed by atoms with Crippen molar-refractivity contribution in [2.45, 2.75) is 52.4 Å². The summed E-state index contributed by atoms with van der Waals surface area (Å²) in [6.07, 6.45) is 7.84. The normalized spacial score (nSPS) is 12.6. The van der Waals surface area contributed by atoms with Gasteiger partial charge in [0.05, 0.1) is 0 Å². The van der Waals surface area contributed by atoms with Gasteiger partial charge < -0.3 is 5.32 Å². The zero-order valence-electron chi connectivity index (χ0n) is 12.1. The fourth-order valence-electron chi connectivity index (χ4n) is 2.31. The van der Waals surface area contributed by atoms with Gasteiger partial charge in [0, 0.05) is 0 Å². The van der Waals surface area contributed by atoms with Crippen molar-refractivity contribution in [2.75, 3.05) is 13.1 Å². The maximum absolute atomic E-state index is 3.62. The minimum absolute atomic E-state index is 0.877. The second kappa shape index (κ2) is 10.1. The van der Waals surface area contributed by atoms with Gasteiger partial charge in [0.15, 0.2) is 0 Å². The van der Waals surface area contributed by atoms with Gasteiger partial charge in [0.1, 0.15) is 0 Å². The summed E-state index contributed by atoms with van der Waals surface area (Å²) in [5.74, 6) is 0.877. The molecule has 0 bridgehead atoms. The van der Waals surface area contributed by atoms with E-state index in [0.717, 1.165) is 12.5 Å². The Morgan fingerprint density at radius 3 is 2.50 bits per heavy atom. The molecule has 1 heteroatoms. The number of nitrogens with one attached hydrogen (secondary N) is 1. The highest BCUT2D eigenvalue weighted by Gasteiger charge is 2.04. The maximum atomic E-state index is 3.62. The quantitative estimate of drug-likeness (QED) is 0.603. The summed E-state index contributed by atoms with van der Waals surface area (Å²) in [5.41, 5.74) is 1.46. The van der Waals surface area contributed by atoms with Gasteiger partial charge in [0.25, 0.3) is 0 Å². The van der Waals surface area contributed by atoms with Gasteiger partial charge in [0.2, 0.25) is 0 Å². The first-order valence-electron chi connectivity index (χ1n) is 7.61. The lowest BCUT2D eigenvalue weighted by Crippen LogP contribution is -2.23. The molecule has 0 spiro atoms. The van der Waals surface area contributed by atoms with Crippen LogP contribution in [0, 0.1) is 5.92 Å². The van der Waals surface area contributed by atoms with Crippen LogP contribution < -0.4 is 5.32 Å². The molecule has 0 saturated carbocycles. The van der Waals surface area contributed by atoms with Crippen LogP contribution >= 0.6 is 0 Å². The monoisotopic (exact) mass is 247 g/mol. The summed E-state index contributed by atoms with van der Waals surface area (Å²) in [6, 6.07) is 10.8. The second-order valence-electron chi connectivity index (χ2n) is 5.21. The first-order chi connectivity index (χ1) is 8.86. The number of aryl methyl sites for hydroxylation is 1. The molecule has 0 aliphatic heterocycles. The SMILES string of the molecule is CCCCC(CC)CNCCCc1ccccc1. The van der Waals surface area contributed by atoms with Crippen molar-refractivity contribution >= 4 is 0 Å². The van der Waals surface area contributed by atoms with E-state index in [1.807, 2.05) is 0 Å². The lowest BCUT2D eigenvalue weighted by Gasteiger charge is -2.15. The Hall–Kier alpha value is -0.820. The molecule has 18 heavy (non-hydrogen) atoms. The highest BCUT2D eigenvalue weighted by molar-refractivity contribution is 5.14. The molecule has 1 aromatic rings. The topological polar surface area (TPSA) is 12.0 Å². The van der Waals surface area contributed by atoms with Crippen LogP contribution in [0.5, 0.6) is 0 Å². The van der Waals surface area contributed by atoms with Crippen LogP contribution in [0.15, 0.2) is 30.3 Å². The predicted octanol–water partition coefficient (Wildman–Crippen LogP) is 4.43. The fourth-order valence-corrected chi connectivity index (χ4v) is 2.31. The average molecular weight is 247 g/mol. The molecule has 0 aliphatic rings. The molecule has 0 radical (unpaired) electrons. The minimum Gasteiger partial charge on any atom is -0.316 e. The Bertz CT molecular complexity index is 281. The van der Waals surface area contributed by atoms with Crippen LogP contribution in [0.3, 0.4) is 0 Å². The van der Waals surface area contributed by atoms with Crippen LogP contribution in [-0.2, 0) is 6.42 Å². The predicted molar refractivity (Wildman–Crippen MR) is 80.9 cm³/mol. The molecule has 0 saturated heterocycles. The Kier molecular flexibility index (Phi) is 8.58. The number of benzene rings is 1. The van der Waals surface area contributed by atoms with Crippen molar-refractivity contribution in [3.8, 4) is 0 Å². The third-order valence-corrected chi connectivity index (χ3v) is 3.64. The molecule has 102 valence electrons. The third kappa shape index (κ3) is 6.80. The maximum Gasteiger partial charge on any atom is -0.00206 e. The molecule has 1 nitrogen and oxygen atoms in total. The van der Waals surface area contributed by atoms with E-state index in [-0.39, 0.29) is 0 Å². The number of hydrogen-bond acceptors (Lipinski definition) is 1. The van der Waals surface area contributed by atoms with E-state index in [1.54, 1.807) is 0 Å². The van der Waals surface area contributed by atoms with Gasteiger partial charge in [-0.15, -0.1) is 0 Å². The van der Waals surface area contributed by atoms with Crippen LogP contribution in [-0.4, -0.2) is 13.1 Å². The molecule has 0 aliphatic carbocycles. The van der Waals surface area contributed by atoms with Crippen molar-refractivity contribution in [3.05, 3.63) is 35.9 Å². The highest BCUT2D eigenvalue weighted by atomic mass is 14.8. The molecule has 0 aromatic heterocycles. The van der Waals surface area contributed by atoms with E-state index >= 15 is 0 Å². The van der Waals surface area contributed by atoms with E-state index < -0.39 is 0 Å². The summed E-state index contributed by atoms with van der Waals surface area (Å²) < 4.78 is 0. The van der Waals surface area contributed by atoms with Gasteiger partial charge in [-0.2, -0.15) is 0 Å². The molecule has 1 rings (SSSR count). The van der Waals surface area contributed by atoms with Crippen molar-refractivity contribution in [1.29, 1.82) is 0 Å². The first kappa shape index (κ1) is 15.2. The lowest BCUT2D eigenvalue weighted by atomic mass is 9.99. The van der Waals surface area contributed by atoms with Gasteiger partial charge in [-0.25, -0.2) is 0 Å². The molecule has 0 amide bonds. The largest absolute Gasteiger partial charge is 0.316 e. The Morgan fingerprint density at radius 2 is 1.83 bits per heavy atom. The Labute approximate surface area is 113 Å². The summed E-state index contributed by atoms with van der Waals surface area (Å²) in [7, 11) is 0. The van der Waals surface area contributed by atoms with Crippen molar-refractivity contribution in [3.63, 3.8) is 0 Å². The van der Waals surface area contributed by atoms with Crippen LogP contribution in [0.1, 0.15) is 51.5 Å². The lowest BCUT2D eigenvalue weighted by molar-refractivity contribution is 0.418. The number of rotatable bonds is 10. The van der Waals surface area contributed by atoms with Crippen LogP contribution in [0.2, 0.25) is 0 Å². The molecule has 1 unspecified atom stereocenters. The van der Waals surface area contributed by atoms with Crippen molar-refractivity contribution in [2.24, 2.45) is 5.92 Å². The van der Waals surface area contributed by atoms with Gasteiger partial charge >= 0.3 is 0 Å². The van der Waals surface area contributed by atoms with E-state index in [9.17, 15) is 0 Å². The van der Waals surface area contributed by atoms with E-state index in [1.165, 1.54) is 50.6 Å². The Balaban J connectivity index is 2.03. The molecule has 1 N–H and O–H groups in total. The summed E-state index contributed by atoms with van der Waals surface area (Å²) in [4.78, 5) is 0.